The van der Waals surface area contributed by atoms with Gasteiger partial charge in [0.2, 0.25) is 0 Å². The van der Waals surface area contributed by atoms with Gasteiger partial charge >= 0.3 is 5.97 Å². The van der Waals surface area contributed by atoms with Gasteiger partial charge in [-0.2, -0.15) is 0 Å². The molecule has 0 saturated heterocycles. The zero-order valence-electron chi connectivity index (χ0n) is 9.40. The van der Waals surface area contributed by atoms with Gasteiger partial charge in [0.1, 0.15) is 11.8 Å². The number of hydrogen-bond acceptors (Lipinski definition) is 3. The van der Waals surface area contributed by atoms with E-state index in [1.54, 1.807) is 31.4 Å². The van der Waals surface area contributed by atoms with E-state index in [-0.39, 0.29) is 5.75 Å². The van der Waals surface area contributed by atoms with E-state index in [1.807, 2.05) is 0 Å². The molecule has 90 valence electrons. The number of benzene rings is 1. The van der Waals surface area contributed by atoms with Crippen LogP contribution in [0, 0.1) is 0 Å². The molecule has 0 saturated carbocycles. The van der Waals surface area contributed by atoms with E-state index in [0.29, 0.717) is 6.42 Å². The average Bonchev–Trinajstić information content (AvgIpc) is 2.68. The third-order valence-corrected chi connectivity index (χ3v) is 2.82. The first-order chi connectivity index (χ1) is 8.11. The van der Waals surface area contributed by atoms with Crippen molar-refractivity contribution in [2.45, 2.75) is 12.5 Å². The van der Waals surface area contributed by atoms with Crippen molar-refractivity contribution < 1.29 is 15.0 Å². The van der Waals surface area contributed by atoms with E-state index >= 15 is 0 Å². The van der Waals surface area contributed by atoms with Crippen LogP contribution in [0.3, 0.4) is 0 Å². The minimum atomic E-state index is -0.887. The number of phenols is 1. The molecule has 4 N–H and O–H groups in total. The Bertz CT molecular complexity index is 548. The third kappa shape index (κ3) is 2.24. The summed E-state index contributed by atoms with van der Waals surface area (Å²) in [6, 6.07) is 4.37. The van der Waals surface area contributed by atoms with Crippen molar-refractivity contribution in [2.75, 3.05) is 7.05 Å². The Kier molecular flexibility index (Phi) is 3.01. The van der Waals surface area contributed by atoms with Gasteiger partial charge in [0.15, 0.2) is 0 Å². The fraction of sp³-hybridized carbons (Fsp3) is 0.250. The second-order valence-corrected chi connectivity index (χ2v) is 3.93. The van der Waals surface area contributed by atoms with E-state index in [2.05, 4.69) is 10.3 Å². The summed E-state index contributed by atoms with van der Waals surface area (Å²) in [5.74, 6) is -0.711. The molecule has 2 rings (SSSR count). The predicted octanol–water partition coefficient (Wildman–Crippen LogP) is 1.09. The van der Waals surface area contributed by atoms with Gasteiger partial charge in [-0.1, -0.05) is 0 Å². The molecule has 0 aliphatic heterocycles. The van der Waals surface area contributed by atoms with Crippen LogP contribution in [0.15, 0.2) is 24.4 Å². The number of carbonyl (C=O) groups is 1. The number of phenolic OH excluding ortho intramolecular Hbond substituents is 1. The fourth-order valence-electron chi connectivity index (χ4n) is 1.87. The molecule has 1 aromatic carbocycles. The lowest BCUT2D eigenvalue weighted by Gasteiger charge is -2.09. The number of fused-ring (bicyclic) bond motifs is 1. The van der Waals surface area contributed by atoms with E-state index in [0.717, 1.165) is 16.5 Å². The summed E-state index contributed by atoms with van der Waals surface area (Å²) >= 11 is 0. The minimum Gasteiger partial charge on any atom is -0.508 e. The Morgan fingerprint density at radius 1 is 1.53 bits per heavy atom. The van der Waals surface area contributed by atoms with Crippen molar-refractivity contribution in [3.63, 3.8) is 0 Å². The SMILES string of the molecule is CNC(Cc1c[nH]c2ccc(O)cc12)C(=O)O. The number of nitrogens with one attached hydrogen (secondary N) is 2. The minimum absolute atomic E-state index is 0.176. The molecule has 1 unspecified atom stereocenters. The monoisotopic (exact) mass is 234 g/mol. The number of carboxylic acid groups (broad SMARTS) is 1. The maximum Gasteiger partial charge on any atom is 0.321 e. The fourth-order valence-corrected chi connectivity index (χ4v) is 1.87. The van der Waals surface area contributed by atoms with Gasteiger partial charge < -0.3 is 20.5 Å². The summed E-state index contributed by atoms with van der Waals surface area (Å²) in [6.45, 7) is 0. The number of aromatic hydroxyl groups is 1. The highest BCUT2D eigenvalue weighted by molar-refractivity contribution is 5.85. The van der Waals surface area contributed by atoms with Gasteiger partial charge in [-0.15, -0.1) is 0 Å². The second-order valence-electron chi connectivity index (χ2n) is 3.93. The lowest BCUT2D eigenvalue weighted by Crippen LogP contribution is -2.35. The Morgan fingerprint density at radius 2 is 2.29 bits per heavy atom. The molecule has 0 aliphatic carbocycles. The second kappa shape index (κ2) is 4.47. The molecule has 0 aliphatic rings. The zero-order valence-corrected chi connectivity index (χ0v) is 9.40. The molecule has 0 bridgehead atoms. The van der Waals surface area contributed by atoms with Gasteiger partial charge in [0.05, 0.1) is 0 Å². The smallest absolute Gasteiger partial charge is 0.321 e. The molecule has 17 heavy (non-hydrogen) atoms. The maximum absolute atomic E-state index is 10.9. The standard InChI is InChI=1S/C12H14N2O3/c1-13-11(12(16)17)4-7-6-14-10-3-2-8(15)5-9(7)10/h2-3,5-6,11,13-15H,4H2,1H3,(H,16,17). The predicted molar refractivity (Wildman–Crippen MR) is 64.2 cm³/mol. The van der Waals surface area contributed by atoms with Crippen LogP contribution < -0.4 is 5.32 Å². The lowest BCUT2D eigenvalue weighted by molar-refractivity contribution is -0.139. The van der Waals surface area contributed by atoms with Gasteiger partial charge in [-0.05, 0) is 30.8 Å². The number of hydrogen-bond donors (Lipinski definition) is 4. The number of aromatic amines is 1. The summed E-state index contributed by atoms with van der Waals surface area (Å²) in [5, 5.41) is 22.0. The van der Waals surface area contributed by atoms with E-state index in [9.17, 15) is 9.90 Å². The van der Waals surface area contributed by atoms with E-state index < -0.39 is 12.0 Å². The first-order valence-electron chi connectivity index (χ1n) is 5.31. The molecule has 0 radical (unpaired) electrons. The normalized spacial score (nSPS) is 12.8. The van der Waals surface area contributed by atoms with Crippen LogP contribution in [-0.4, -0.2) is 34.3 Å². The number of H-pyrrole nitrogens is 1. The Labute approximate surface area is 98.1 Å². The van der Waals surface area contributed by atoms with Crippen LogP contribution in [0.5, 0.6) is 5.75 Å². The number of carboxylic acids is 1. The van der Waals surface area contributed by atoms with Crippen LogP contribution in [-0.2, 0) is 11.2 Å². The Balaban J connectivity index is 2.35. The highest BCUT2D eigenvalue weighted by atomic mass is 16.4. The molecule has 0 spiro atoms. The first-order valence-corrected chi connectivity index (χ1v) is 5.31. The quantitative estimate of drug-likeness (QED) is 0.638. The highest BCUT2D eigenvalue weighted by Crippen LogP contribution is 2.23. The largest absolute Gasteiger partial charge is 0.508 e. The van der Waals surface area contributed by atoms with E-state index in [4.69, 9.17) is 5.11 Å². The molecular weight excluding hydrogens is 220 g/mol. The summed E-state index contributed by atoms with van der Waals surface area (Å²) < 4.78 is 0. The number of aliphatic carboxylic acids is 1. The summed E-state index contributed by atoms with van der Waals surface area (Å²) in [7, 11) is 1.62. The van der Waals surface area contributed by atoms with E-state index in [1.165, 1.54) is 0 Å². The molecule has 0 fully saturated rings. The first kappa shape index (κ1) is 11.5. The van der Waals surface area contributed by atoms with Crippen LogP contribution in [0.4, 0.5) is 0 Å². The zero-order chi connectivity index (χ0) is 12.4. The third-order valence-electron chi connectivity index (χ3n) is 2.82. The number of aromatic nitrogens is 1. The molecule has 0 amide bonds. The van der Waals surface area contributed by atoms with Crippen molar-refractivity contribution in [3.05, 3.63) is 30.0 Å². The molecule has 1 atom stereocenters. The average molecular weight is 234 g/mol. The van der Waals surface area contributed by atoms with Gasteiger partial charge in [0.25, 0.3) is 0 Å². The Hall–Kier alpha value is -2.01. The van der Waals surface area contributed by atoms with Gasteiger partial charge in [-0.3, -0.25) is 4.79 Å². The summed E-state index contributed by atoms with van der Waals surface area (Å²) in [4.78, 5) is 14.0. The van der Waals surface area contributed by atoms with Crippen LogP contribution in [0.25, 0.3) is 10.9 Å². The van der Waals surface area contributed by atoms with Crippen LogP contribution in [0.1, 0.15) is 5.56 Å². The van der Waals surface area contributed by atoms with Gasteiger partial charge in [0, 0.05) is 23.5 Å². The summed E-state index contributed by atoms with van der Waals surface area (Å²) in [6.07, 6.45) is 2.15. The van der Waals surface area contributed by atoms with Crippen molar-refractivity contribution in [1.82, 2.24) is 10.3 Å². The number of likely N-dealkylation sites (N-methyl/N-ethyl adjacent to an activating group) is 1. The Morgan fingerprint density at radius 3 is 2.94 bits per heavy atom. The van der Waals surface area contributed by atoms with Crippen molar-refractivity contribution >= 4 is 16.9 Å². The topological polar surface area (TPSA) is 85.4 Å². The molecule has 2 aromatic rings. The van der Waals surface area contributed by atoms with Crippen molar-refractivity contribution in [2.24, 2.45) is 0 Å². The molecule has 5 nitrogen and oxygen atoms in total. The van der Waals surface area contributed by atoms with Gasteiger partial charge in [-0.25, -0.2) is 0 Å². The van der Waals surface area contributed by atoms with Crippen LogP contribution >= 0.6 is 0 Å². The number of rotatable bonds is 4. The molecule has 1 heterocycles. The van der Waals surface area contributed by atoms with Crippen LogP contribution in [0.2, 0.25) is 0 Å². The highest BCUT2D eigenvalue weighted by Gasteiger charge is 2.17. The molecule has 1 aromatic heterocycles. The lowest BCUT2D eigenvalue weighted by atomic mass is 10.1. The molecular formula is C12H14N2O3. The summed E-state index contributed by atoms with van der Waals surface area (Å²) in [5.41, 5.74) is 1.76. The van der Waals surface area contributed by atoms with Crippen molar-refractivity contribution in [3.8, 4) is 5.75 Å². The van der Waals surface area contributed by atoms with Crippen molar-refractivity contribution in [1.29, 1.82) is 0 Å². The molecule has 5 heteroatoms. The maximum atomic E-state index is 10.9.